The van der Waals surface area contributed by atoms with Crippen LogP contribution in [0.5, 0.6) is 0 Å². The number of carbonyl (C=O) groups is 3. The molecule has 0 spiro atoms. The molecule has 1 saturated heterocycles. The minimum Gasteiger partial charge on any atom is -0.445 e. The van der Waals surface area contributed by atoms with Crippen molar-refractivity contribution in [2.24, 2.45) is 5.41 Å². The van der Waals surface area contributed by atoms with Gasteiger partial charge in [-0.25, -0.2) is 9.18 Å². The molecule has 1 N–H and O–H groups in total. The number of carbonyl (C=O) groups excluding carboxylic acids is 3. The SMILES string of the molecule is N#C[C@@H]1C[C@H](F)CN1C(=O)CN(C(=O)OCc1ccccc1)C12CCC(C(=O)NC(c3ccccc3)c3ccccc3)(CC1)CC2. The minimum atomic E-state index is -1.27. The van der Waals surface area contributed by atoms with Crippen molar-refractivity contribution in [1.29, 1.82) is 5.26 Å². The van der Waals surface area contributed by atoms with E-state index < -0.39 is 35.2 Å². The molecular weight excluding hydrogens is 583 g/mol. The third-order valence-corrected chi connectivity index (χ3v) is 10.2. The average Bonchev–Trinajstić information content (AvgIpc) is 3.51. The maximum atomic E-state index is 14.2. The Hall–Kier alpha value is -4.71. The number of nitriles is 1. The fourth-order valence-electron chi connectivity index (χ4n) is 7.48. The van der Waals surface area contributed by atoms with Crippen molar-refractivity contribution in [2.75, 3.05) is 13.1 Å². The molecule has 7 rings (SSSR count). The maximum absolute atomic E-state index is 14.2. The first-order chi connectivity index (χ1) is 22.3. The molecule has 2 atom stereocenters. The monoisotopic (exact) mass is 622 g/mol. The number of hydrogen-bond donors (Lipinski definition) is 1. The lowest BCUT2D eigenvalue weighted by molar-refractivity contribution is -0.145. The highest BCUT2D eigenvalue weighted by Gasteiger charge is 2.56. The smallest absolute Gasteiger partial charge is 0.411 e. The Labute approximate surface area is 269 Å². The molecule has 4 aliphatic rings. The van der Waals surface area contributed by atoms with E-state index >= 15 is 0 Å². The summed E-state index contributed by atoms with van der Waals surface area (Å²) in [7, 11) is 0. The Morgan fingerprint density at radius 1 is 0.891 bits per heavy atom. The highest BCUT2D eigenvalue weighted by molar-refractivity contribution is 5.85. The second-order valence-corrected chi connectivity index (χ2v) is 12.9. The summed E-state index contributed by atoms with van der Waals surface area (Å²) in [6, 6.07) is 30.0. The van der Waals surface area contributed by atoms with E-state index in [-0.39, 0.29) is 38.1 Å². The number of amides is 3. The van der Waals surface area contributed by atoms with Crippen LogP contribution in [0.15, 0.2) is 91.0 Å². The fourth-order valence-corrected chi connectivity index (χ4v) is 7.48. The molecular formula is C37H39FN4O4. The van der Waals surface area contributed by atoms with Crippen LogP contribution in [-0.2, 0) is 20.9 Å². The first kappa shape index (κ1) is 31.3. The van der Waals surface area contributed by atoms with Gasteiger partial charge >= 0.3 is 6.09 Å². The summed E-state index contributed by atoms with van der Waals surface area (Å²) in [4.78, 5) is 44.1. The minimum absolute atomic E-state index is 0.00398. The number of nitrogens with zero attached hydrogens (tertiary/aromatic N) is 3. The lowest BCUT2D eigenvalue weighted by Crippen LogP contribution is -2.63. The summed E-state index contributed by atoms with van der Waals surface area (Å²) < 4.78 is 20.0. The van der Waals surface area contributed by atoms with Crippen LogP contribution in [-0.4, -0.2) is 58.5 Å². The van der Waals surface area contributed by atoms with E-state index in [1.807, 2.05) is 97.1 Å². The predicted molar refractivity (Wildman–Crippen MR) is 170 cm³/mol. The summed E-state index contributed by atoms with van der Waals surface area (Å²) in [5.41, 5.74) is 1.55. The van der Waals surface area contributed by atoms with Gasteiger partial charge in [0, 0.05) is 17.4 Å². The van der Waals surface area contributed by atoms with E-state index in [0.29, 0.717) is 38.5 Å². The van der Waals surface area contributed by atoms with Gasteiger partial charge in [-0.1, -0.05) is 91.0 Å². The number of ether oxygens (including phenoxy) is 1. The number of likely N-dealkylation sites (tertiary alicyclic amines) is 1. The van der Waals surface area contributed by atoms with Crippen molar-refractivity contribution in [2.45, 2.75) is 75.3 Å². The van der Waals surface area contributed by atoms with Crippen molar-refractivity contribution in [1.82, 2.24) is 15.1 Å². The summed E-state index contributed by atoms with van der Waals surface area (Å²) >= 11 is 0. The lowest BCUT2D eigenvalue weighted by atomic mass is 9.56. The molecule has 4 fully saturated rings. The van der Waals surface area contributed by atoms with Gasteiger partial charge in [-0.05, 0) is 55.2 Å². The van der Waals surface area contributed by atoms with Crippen LogP contribution in [0.3, 0.4) is 0 Å². The normalized spacial score (nSPS) is 25.1. The van der Waals surface area contributed by atoms with Crippen LogP contribution in [0.2, 0.25) is 0 Å². The number of fused-ring (bicyclic) bond motifs is 3. The van der Waals surface area contributed by atoms with E-state index in [9.17, 15) is 24.0 Å². The van der Waals surface area contributed by atoms with Gasteiger partial charge in [0.05, 0.1) is 18.7 Å². The largest absolute Gasteiger partial charge is 0.445 e. The van der Waals surface area contributed by atoms with Crippen molar-refractivity contribution < 1.29 is 23.5 Å². The first-order valence-electron chi connectivity index (χ1n) is 16.0. The predicted octanol–water partition coefficient (Wildman–Crippen LogP) is 6.09. The zero-order chi connectivity index (χ0) is 32.1. The summed E-state index contributed by atoms with van der Waals surface area (Å²) in [5.74, 6) is -0.470. The number of benzene rings is 3. The summed E-state index contributed by atoms with van der Waals surface area (Å²) in [5, 5.41) is 12.9. The average molecular weight is 623 g/mol. The van der Waals surface area contributed by atoms with Crippen molar-refractivity contribution >= 4 is 17.9 Å². The highest BCUT2D eigenvalue weighted by atomic mass is 19.1. The second kappa shape index (κ2) is 13.3. The molecule has 46 heavy (non-hydrogen) atoms. The number of alkyl halides is 1. The Balaban J connectivity index is 1.20. The molecule has 0 aromatic heterocycles. The molecule has 1 heterocycles. The van der Waals surface area contributed by atoms with Crippen LogP contribution < -0.4 is 5.32 Å². The molecule has 0 radical (unpaired) electrons. The van der Waals surface area contributed by atoms with E-state index in [4.69, 9.17) is 4.74 Å². The van der Waals surface area contributed by atoms with Gasteiger partial charge < -0.3 is 15.0 Å². The van der Waals surface area contributed by atoms with Crippen LogP contribution in [0.1, 0.15) is 67.7 Å². The van der Waals surface area contributed by atoms with Crippen molar-refractivity contribution in [3.05, 3.63) is 108 Å². The van der Waals surface area contributed by atoms with Crippen molar-refractivity contribution in [3.8, 4) is 6.07 Å². The summed E-state index contributed by atoms with van der Waals surface area (Å²) in [6.45, 7) is -0.420. The van der Waals surface area contributed by atoms with Crippen molar-refractivity contribution in [3.63, 3.8) is 0 Å². The molecule has 2 bridgehead atoms. The molecule has 3 amide bonds. The van der Waals surface area contributed by atoms with Crippen LogP contribution in [0.4, 0.5) is 9.18 Å². The number of rotatable bonds is 9. The highest BCUT2D eigenvalue weighted by Crippen LogP contribution is 2.55. The zero-order valence-corrected chi connectivity index (χ0v) is 25.8. The summed E-state index contributed by atoms with van der Waals surface area (Å²) in [6.07, 6.45) is 1.35. The Bertz CT molecular complexity index is 1520. The van der Waals surface area contributed by atoms with Gasteiger partial charge in [0.2, 0.25) is 11.8 Å². The van der Waals surface area contributed by atoms with E-state index in [0.717, 1.165) is 16.7 Å². The Morgan fingerprint density at radius 3 is 1.98 bits per heavy atom. The molecule has 3 saturated carbocycles. The molecule has 8 nitrogen and oxygen atoms in total. The quantitative estimate of drug-likeness (QED) is 0.311. The molecule has 9 heteroatoms. The second-order valence-electron chi connectivity index (χ2n) is 12.9. The van der Waals surface area contributed by atoms with Gasteiger partial charge in [0.25, 0.3) is 0 Å². The van der Waals surface area contributed by atoms with E-state index in [1.54, 1.807) is 0 Å². The molecule has 1 aliphatic heterocycles. The topological polar surface area (TPSA) is 103 Å². The van der Waals surface area contributed by atoms with Gasteiger partial charge in [0.15, 0.2) is 0 Å². The van der Waals surface area contributed by atoms with Gasteiger partial charge in [-0.3, -0.25) is 14.5 Å². The van der Waals surface area contributed by atoms with E-state index in [2.05, 4.69) is 5.32 Å². The third kappa shape index (κ3) is 6.34. The number of nitrogens with one attached hydrogen (secondary N) is 1. The lowest BCUT2D eigenvalue weighted by Gasteiger charge is -2.56. The standard InChI is InChI=1S/C37H39FN4O4/c38-30-22-31(23-39)41(24-30)32(43)25-42(35(45)46-26-27-10-4-1-5-11-27)37-19-16-36(17-20-37,18-21-37)34(44)40-33(28-12-6-2-7-13-28)29-14-8-3-9-15-29/h1-15,30-31,33H,16-22,24-26H2,(H,40,44)/t30-,31-,36?,37?/m0/s1. The van der Waals surface area contributed by atoms with Crippen LogP contribution in [0, 0.1) is 16.7 Å². The fraction of sp³-hybridized carbons (Fsp3) is 0.405. The Morgan fingerprint density at radius 2 is 1.43 bits per heavy atom. The zero-order valence-electron chi connectivity index (χ0n) is 25.8. The molecule has 238 valence electrons. The van der Waals surface area contributed by atoms with Gasteiger partial charge in [-0.15, -0.1) is 0 Å². The Kier molecular flexibility index (Phi) is 9.07. The van der Waals surface area contributed by atoms with Gasteiger partial charge in [0.1, 0.15) is 25.4 Å². The van der Waals surface area contributed by atoms with Crippen LogP contribution >= 0.6 is 0 Å². The third-order valence-electron chi connectivity index (χ3n) is 10.2. The van der Waals surface area contributed by atoms with Gasteiger partial charge in [-0.2, -0.15) is 5.26 Å². The van der Waals surface area contributed by atoms with E-state index in [1.165, 1.54) is 9.80 Å². The molecule has 3 aromatic carbocycles. The molecule has 3 aliphatic carbocycles. The maximum Gasteiger partial charge on any atom is 0.411 e. The number of hydrogen-bond acceptors (Lipinski definition) is 5. The van der Waals surface area contributed by atoms with Crippen LogP contribution in [0.25, 0.3) is 0 Å². The molecule has 0 unspecified atom stereocenters. The number of halogens is 1. The molecule has 3 aromatic rings. The first-order valence-corrected chi connectivity index (χ1v) is 16.0.